The number of carbonyl (C=O) groups is 2. The van der Waals surface area contributed by atoms with Gasteiger partial charge >= 0.3 is 5.97 Å². The highest BCUT2D eigenvalue weighted by molar-refractivity contribution is 6.12. The van der Waals surface area contributed by atoms with Crippen molar-refractivity contribution in [2.24, 2.45) is 0 Å². The minimum Gasteiger partial charge on any atom is -0.465 e. The summed E-state index contributed by atoms with van der Waals surface area (Å²) < 4.78 is 4.67. The third-order valence-electron chi connectivity index (χ3n) is 4.25. The largest absolute Gasteiger partial charge is 0.465 e. The fraction of sp³-hybridized carbons (Fsp3) is 0.130. The van der Waals surface area contributed by atoms with Gasteiger partial charge in [0, 0.05) is 17.6 Å². The number of carbonyl (C=O) groups excluding carboxylic acids is 2. The van der Waals surface area contributed by atoms with E-state index in [1.54, 1.807) is 30.3 Å². The number of hydrogen-bond donors (Lipinski definition) is 1. The zero-order valence-corrected chi connectivity index (χ0v) is 14.8. The van der Waals surface area contributed by atoms with Crippen molar-refractivity contribution in [3.8, 4) is 11.8 Å². The van der Waals surface area contributed by atoms with Gasteiger partial charge in [0.05, 0.1) is 12.7 Å². The summed E-state index contributed by atoms with van der Waals surface area (Å²) in [5, 5.41) is 10.9. The molecule has 0 heterocycles. The summed E-state index contributed by atoms with van der Waals surface area (Å²) in [6, 6.07) is 16.1. The van der Waals surface area contributed by atoms with Crippen LogP contribution in [0.25, 0.3) is 6.08 Å². The van der Waals surface area contributed by atoms with Gasteiger partial charge in [0.2, 0.25) is 0 Å². The van der Waals surface area contributed by atoms with Gasteiger partial charge in [0.1, 0.15) is 5.60 Å². The van der Waals surface area contributed by atoms with Gasteiger partial charge in [-0.1, -0.05) is 42.2 Å². The van der Waals surface area contributed by atoms with Crippen LogP contribution in [-0.4, -0.2) is 29.6 Å². The van der Waals surface area contributed by atoms with E-state index in [4.69, 9.17) is 0 Å². The number of ether oxygens (including phenoxy) is 1. The lowest BCUT2D eigenvalue weighted by Crippen LogP contribution is -2.27. The molecule has 2 aromatic carbocycles. The Kier molecular flexibility index (Phi) is 5.35. The molecule has 0 saturated carbocycles. The van der Waals surface area contributed by atoms with Crippen molar-refractivity contribution in [2.75, 3.05) is 7.11 Å². The highest BCUT2D eigenvalue weighted by atomic mass is 16.5. The smallest absolute Gasteiger partial charge is 0.337 e. The summed E-state index contributed by atoms with van der Waals surface area (Å²) in [5.41, 5.74) is 0.789. The number of esters is 1. The van der Waals surface area contributed by atoms with E-state index in [0.717, 1.165) is 5.56 Å². The minimum absolute atomic E-state index is 0.107. The predicted octanol–water partition coefficient (Wildman–Crippen LogP) is 3.17. The van der Waals surface area contributed by atoms with Gasteiger partial charge in [-0.3, -0.25) is 4.79 Å². The zero-order valence-electron chi connectivity index (χ0n) is 14.8. The topological polar surface area (TPSA) is 63.6 Å². The first-order valence-corrected chi connectivity index (χ1v) is 8.42. The molecule has 0 fully saturated rings. The SMILES string of the molecule is COC(=O)c1ccc(/C=C2/C(=O)C=CC2(O)CC#Cc2ccccc2)cc1. The molecule has 4 nitrogen and oxygen atoms in total. The van der Waals surface area contributed by atoms with Crippen molar-refractivity contribution < 1.29 is 19.4 Å². The fourth-order valence-electron chi connectivity index (χ4n) is 2.76. The number of aliphatic hydroxyl groups is 1. The van der Waals surface area contributed by atoms with Crippen LogP contribution in [0.1, 0.15) is 27.9 Å². The average Bonchev–Trinajstić information content (AvgIpc) is 2.97. The van der Waals surface area contributed by atoms with Crippen molar-refractivity contribution >= 4 is 17.8 Å². The van der Waals surface area contributed by atoms with E-state index < -0.39 is 11.6 Å². The number of benzene rings is 2. The van der Waals surface area contributed by atoms with Gasteiger partial charge in [0.25, 0.3) is 0 Å². The van der Waals surface area contributed by atoms with Crippen LogP contribution in [-0.2, 0) is 9.53 Å². The lowest BCUT2D eigenvalue weighted by Gasteiger charge is -2.19. The Balaban J connectivity index is 1.82. The Bertz CT molecular complexity index is 973. The molecule has 0 radical (unpaired) electrons. The average molecular weight is 358 g/mol. The standard InChI is InChI=1S/C23H18O4/c1-27-22(25)19-11-9-18(10-12-19)16-20-21(24)13-15-23(20,26)14-5-8-17-6-3-2-4-7-17/h2-4,6-7,9-13,15-16,26H,14H2,1H3/b20-16-. The maximum atomic E-state index is 12.2. The van der Waals surface area contributed by atoms with Crippen LogP contribution in [0.4, 0.5) is 0 Å². The van der Waals surface area contributed by atoms with Crippen molar-refractivity contribution in [3.63, 3.8) is 0 Å². The summed E-state index contributed by atoms with van der Waals surface area (Å²) >= 11 is 0. The quantitative estimate of drug-likeness (QED) is 0.520. The van der Waals surface area contributed by atoms with Crippen LogP contribution in [0.3, 0.4) is 0 Å². The first-order valence-electron chi connectivity index (χ1n) is 8.42. The maximum Gasteiger partial charge on any atom is 0.337 e. The maximum absolute atomic E-state index is 12.2. The lowest BCUT2D eigenvalue weighted by molar-refractivity contribution is -0.111. The van der Waals surface area contributed by atoms with E-state index >= 15 is 0 Å². The number of allylic oxidation sites excluding steroid dienone is 1. The third kappa shape index (κ3) is 4.22. The van der Waals surface area contributed by atoms with Gasteiger partial charge in [-0.05, 0) is 48.1 Å². The van der Waals surface area contributed by atoms with Crippen molar-refractivity contribution in [1.82, 2.24) is 0 Å². The lowest BCUT2D eigenvalue weighted by atomic mass is 9.91. The van der Waals surface area contributed by atoms with Crippen LogP contribution in [0.5, 0.6) is 0 Å². The van der Waals surface area contributed by atoms with Crippen molar-refractivity contribution in [2.45, 2.75) is 12.0 Å². The van der Waals surface area contributed by atoms with E-state index in [1.165, 1.54) is 19.3 Å². The third-order valence-corrected chi connectivity index (χ3v) is 4.25. The monoisotopic (exact) mass is 358 g/mol. The van der Waals surface area contributed by atoms with Gasteiger partial charge < -0.3 is 9.84 Å². The molecule has 1 N–H and O–H groups in total. The number of hydrogen-bond acceptors (Lipinski definition) is 4. The Morgan fingerprint density at radius 2 is 1.85 bits per heavy atom. The Morgan fingerprint density at radius 1 is 1.15 bits per heavy atom. The summed E-state index contributed by atoms with van der Waals surface area (Å²) in [4.78, 5) is 23.7. The van der Waals surface area contributed by atoms with E-state index in [2.05, 4.69) is 16.6 Å². The molecule has 0 aromatic heterocycles. The molecule has 1 aliphatic carbocycles. The van der Waals surface area contributed by atoms with Crippen molar-refractivity contribution in [1.29, 1.82) is 0 Å². The molecule has 2 aromatic rings. The molecule has 0 aliphatic heterocycles. The van der Waals surface area contributed by atoms with E-state index in [-0.39, 0.29) is 17.8 Å². The van der Waals surface area contributed by atoms with Gasteiger partial charge in [0.15, 0.2) is 5.78 Å². The number of ketones is 1. The molecule has 0 bridgehead atoms. The molecule has 4 heteroatoms. The van der Waals surface area contributed by atoms with Crippen LogP contribution in [0.15, 0.2) is 72.3 Å². The normalized spacial score (nSPS) is 19.6. The summed E-state index contributed by atoms with van der Waals surface area (Å²) in [6.07, 6.45) is 4.56. The van der Waals surface area contributed by atoms with Crippen LogP contribution >= 0.6 is 0 Å². The summed E-state index contributed by atoms with van der Waals surface area (Å²) in [5.74, 6) is 5.25. The Morgan fingerprint density at radius 3 is 2.52 bits per heavy atom. The molecule has 0 amide bonds. The second-order valence-corrected chi connectivity index (χ2v) is 6.14. The summed E-state index contributed by atoms with van der Waals surface area (Å²) in [7, 11) is 1.32. The molecule has 1 atom stereocenters. The molecule has 134 valence electrons. The molecule has 3 rings (SSSR count). The minimum atomic E-state index is -1.43. The zero-order chi connectivity index (χ0) is 19.3. The second-order valence-electron chi connectivity index (χ2n) is 6.14. The highest BCUT2D eigenvalue weighted by Gasteiger charge is 2.36. The van der Waals surface area contributed by atoms with Crippen LogP contribution < -0.4 is 0 Å². The molecular weight excluding hydrogens is 340 g/mol. The first-order chi connectivity index (χ1) is 13.0. The first kappa shape index (κ1) is 18.4. The van der Waals surface area contributed by atoms with Gasteiger partial charge in [-0.2, -0.15) is 0 Å². The number of methoxy groups -OCH3 is 1. The Labute approximate surface area is 157 Å². The fourth-order valence-corrected chi connectivity index (χ4v) is 2.76. The highest BCUT2D eigenvalue weighted by Crippen LogP contribution is 2.31. The van der Waals surface area contributed by atoms with E-state index in [9.17, 15) is 14.7 Å². The molecule has 0 spiro atoms. The molecule has 1 unspecified atom stereocenters. The van der Waals surface area contributed by atoms with Gasteiger partial charge in [-0.15, -0.1) is 0 Å². The molecule has 1 aliphatic rings. The van der Waals surface area contributed by atoms with E-state index in [0.29, 0.717) is 11.1 Å². The van der Waals surface area contributed by atoms with Gasteiger partial charge in [-0.25, -0.2) is 4.79 Å². The molecule has 27 heavy (non-hydrogen) atoms. The van der Waals surface area contributed by atoms with E-state index in [1.807, 2.05) is 30.3 Å². The molecule has 0 saturated heterocycles. The van der Waals surface area contributed by atoms with Crippen LogP contribution in [0.2, 0.25) is 0 Å². The second kappa shape index (κ2) is 7.86. The molecular formula is C23H18O4. The number of rotatable bonds is 3. The predicted molar refractivity (Wildman–Crippen MR) is 103 cm³/mol. The Hall–Kier alpha value is -3.42. The summed E-state index contributed by atoms with van der Waals surface area (Å²) in [6.45, 7) is 0. The van der Waals surface area contributed by atoms with Crippen molar-refractivity contribution in [3.05, 3.63) is 89.0 Å². The van der Waals surface area contributed by atoms with Crippen LogP contribution in [0, 0.1) is 11.8 Å².